The van der Waals surface area contributed by atoms with Gasteiger partial charge in [0.2, 0.25) is 0 Å². The van der Waals surface area contributed by atoms with Crippen LogP contribution < -0.4 is 0 Å². The number of aryl methyl sites for hydroxylation is 3. The minimum atomic E-state index is 1.04. The van der Waals surface area contributed by atoms with Crippen LogP contribution in [0, 0.1) is 13.8 Å². The number of rotatable bonds is 3. The van der Waals surface area contributed by atoms with E-state index in [4.69, 9.17) is 0 Å². The fourth-order valence-corrected chi connectivity index (χ4v) is 3.03. The standard InChI is InChI=1S/C22H22.C2H6/c1-4-18-15-20(19-10-7-8-16(2)14-19)12-13-22(18)21-11-6-5-9-17(21)3;1-2/h5-15H,4H2,1-3H3;1-2H3. The van der Waals surface area contributed by atoms with Gasteiger partial charge in [0, 0.05) is 0 Å². The molecule has 0 bridgehead atoms. The molecule has 0 aliphatic rings. The molecule has 0 saturated carbocycles. The Kier molecular flexibility index (Phi) is 6.37. The van der Waals surface area contributed by atoms with E-state index in [1.165, 1.54) is 38.9 Å². The molecule has 3 rings (SSSR count). The molecular weight excluding hydrogens is 288 g/mol. The molecule has 0 N–H and O–H groups in total. The number of hydrogen-bond acceptors (Lipinski definition) is 0. The highest BCUT2D eigenvalue weighted by molar-refractivity contribution is 5.75. The summed E-state index contributed by atoms with van der Waals surface area (Å²) < 4.78 is 0. The molecule has 0 fully saturated rings. The van der Waals surface area contributed by atoms with Gasteiger partial charge in [-0.1, -0.05) is 93.1 Å². The average Bonchev–Trinajstić information content (AvgIpc) is 2.63. The molecular formula is C24H28. The second-order valence-electron chi connectivity index (χ2n) is 5.91. The van der Waals surface area contributed by atoms with Crippen LogP contribution in [0.2, 0.25) is 0 Å². The molecule has 0 unspecified atom stereocenters. The maximum absolute atomic E-state index is 2.34. The average molecular weight is 316 g/mol. The highest BCUT2D eigenvalue weighted by Crippen LogP contribution is 2.31. The molecule has 0 aliphatic carbocycles. The third kappa shape index (κ3) is 3.94. The zero-order chi connectivity index (χ0) is 17.5. The summed E-state index contributed by atoms with van der Waals surface area (Å²) in [5.74, 6) is 0. The molecule has 0 atom stereocenters. The fraction of sp³-hybridized carbons (Fsp3) is 0.250. The second-order valence-corrected chi connectivity index (χ2v) is 5.91. The van der Waals surface area contributed by atoms with Crippen molar-refractivity contribution in [3.05, 3.63) is 83.4 Å². The molecule has 0 amide bonds. The van der Waals surface area contributed by atoms with Gasteiger partial charge >= 0.3 is 0 Å². The Morgan fingerprint density at radius 2 is 1.38 bits per heavy atom. The Balaban J connectivity index is 0.00000100. The van der Waals surface area contributed by atoms with Gasteiger partial charge in [-0.2, -0.15) is 0 Å². The van der Waals surface area contributed by atoms with Crippen molar-refractivity contribution >= 4 is 0 Å². The Morgan fingerprint density at radius 1 is 0.667 bits per heavy atom. The SMILES string of the molecule is CC.CCc1cc(-c2cccc(C)c2)ccc1-c1ccccc1C. The third-order valence-electron chi connectivity index (χ3n) is 4.27. The highest BCUT2D eigenvalue weighted by atomic mass is 14.1. The molecule has 0 heterocycles. The molecule has 124 valence electrons. The van der Waals surface area contributed by atoms with Gasteiger partial charge in [0.05, 0.1) is 0 Å². The summed E-state index contributed by atoms with van der Waals surface area (Å²) in [6, 6.07) is 24.2. The quantitative estimate of drug-likeness (QED) is 0.478. The van der Waals surface area contributed by atoms with Crippen LogP contribution in [0.1, 0.15) is 37.5 Å². The first-order valence-corrected chi connectivity index (χ1v) is 8.95. The predicted molar refractivity (Wildman–Crippen MR) is 108 cm³/mol. The largest absolute Gasteiger partial charge is 0.0683 e. The van der Waals surface area contributed by atoms with E-state index in [-0.39, 0.29) is 0 Å². The van der Waals surface area contributed by atoms with Crippen LogP contribution >= 0.6 is 0 Å². The normalized spacial score (nSPS) is 10.0. The maximum Gasteiger partial charge on any atom is -0.0149 e. The molecule has 3 aromatic carbocycles. The molecule has 0 nitrogen and oxygen atoms in total. The van der Waals surface area contributed by atoms with Crippen molar-refractivity contribution in [3.63, 3.8) is 0 Å². The minimum absolute atomic E-state index is 1.04. The van der Waals surface area contributed by atoms with Crippen LogP contribution in [0.3, 0.4) is 0 Å². The van der Waals surface area contributed by atoms with Gasteiger partial charge in [0.15, 0.2) is 0 Å². The second kappa shape index (κ2) is 8.49. The van der Waals surface area contributed by atoms with Crippen molar-refractivity contribution in [3.8, 4) is 22.3 Å². The lowest BCUT2D eigenvalue weighted by Crippen LogP contribution is -1.91. The van der Waals surface area contributed by atoms with Crippen molar-refractivity contribution < 1.29 is 0 Å². The number of benzene rings is 3. The van der Waals surface area contributed by atoms with E-state index >= 15 is 0 Å². The highest BCUT2D eigenvalue weighted by Gasteiger charge is 2.08. The number of hydrogen-bond donors (Lipinski definition) is 0. The molecule has 0 aliphatic heterocycles. The predicted octanol–water partition coefficient (Wildman–Crippen LogP) is 7.23. The third-order valence-corrected chi connectivity index (χ3v) is 4.27. The summed E-state index contributed by atoms with van der Waals surface area (Å²) in [4.78, 5) is 0. The van der Waals surface area contributed by atoms with Crippen LogP contribution in [-0.4, -0.2) is 0 Å². The Morgan fingerprint density at radius 3 is 2.04 bits per heavy atom. The molecule has 0 heteroatoms. The Labute approximate surface area is 147 Å². The van der Waals surface area contributed by atoms with Crippen molar-refractivity contribution in [2.45, 2.75) is 41.0 Å². The van der Waals surface area contributed by atoms with Gasteiger partial charge in [0.1, 0.15) is 0 Å². The van der Waals surface area contributed by atoms with Gasteiger partial charge in [-0.25, -0.2) is 0 Å². The monoisotopic (exact) mass is 316 g/mol. The van der Waals surface area contributed by atoms with Gasteiger partial charge in [0.25, 0.3) is 0 Å². The van der Waals surface area contributed by atoms with Crippen molar-refractivity contribution in [2.75, 3.05) is 0 Å². The van der Waals surface area contributed by atoms with E-state index in [1.54, 1.807) is 0 Å². The van der Waals surface area contributed by atoms with Crippen LogP contribution in [-0.2, 0) is 6.42 Å². The zero-order valence-electron chi connectivity index (χ0n) is 15.6. The van der Waals surface area contributed by atoms with Gasteiger partial charge in [-0.3, -0.25) is 0 Å². The first kappa shape index (κ1) is 18.0. The molecule has 3 aromatic rings. The van der Waals surface area contributed by atoms with E-state index < -0.39 is 0 Å². The lowest BCUT2D eigenvalue weighted by molar-refractivity contribution is 1.14. The van der Waals surface area contributed by atoms with E-state index in [9.17, 15) is 0 Å². The van der Waals surface area contributed by atoms with E-state index in [0.717, 1.165) is 6.42 Å². The van der Waals surface area contributed by atoms with Crippen LogP contribution in [0.25, 0.3) is 22.3 Å². The van der Waals surface area contributed by atoms with Crippen molar-refractivity contribution in [1.29, 1.82) is 0 Å². The summed E-state index contributed by atoms with van der Waals surface area (Å²) in [5.41, 5.74) is 9.35. The zero-order valence-corrected chi connectivity index (χ0v) is 15.6. The van der Waals surface area contributed by atoms with E-state index in [1.807, 2.05) is 13.8 Å². The van der Waals surface area contributed by atoms with E-state index in [0.29, 0.717) is 0 Å². The van der Waals surface area contributed by atoms with Crippen molar-refractivity contribution in [2.24, 2.45) is 0 Å². The summed E-state index contributed by atoms with van der Waals surface area (Å²) >= 11 is 0. The molecule has 0 spiro atoms. The van der Waals surface area contributed by atoms with Crippen molar-refractivity contribution in [1.82, 2.24) is 0 Å². The smallest absolute Gasteiger partial charge is 0.0149 e. The topological polar surface area (TPSA) is 0 Å². The summed E-state index contributed by atoms with van der Waals surface area (Å²) in [5, 5.41) is 0. The Bertz CT molecular complexity index is 797. The molecule has 24 heavy (non-hydrogen) atoms. The summed E-state index contributed by atoms with van der Waals surface area (Å²) in [6.07, 6.45) is 1.04. The molecule has 0 saturated heterocycles. The maximum atomic E-state index is 2.34. The van der Waals surface area contributed by atoms with Crippen LogP contribution in [0.15, 0.2) is 66.7 Å². The van der Waals surface area contributed by atoms with Crippen LogP contribution in [0.4, 0.5) is 0 Å². The first-order chi connectivity index (χ1) is 11.7. The lowest BCUT2D eigenvalue weighted by atomic mass is 9.91. The minimum Gasteiger partial charge on any atom is -0.0683 e. The van der Waals surface area contributed by atoms with Gasteiger partial charge in [-0.15, -0.1) is 0 Å². The van der Waals surface area contributed by atoms with Gasteiger partial charge in [-0.05, 0) is 53.6 Å². The molecule has 0 aromatic heterocycles. The van der Waals surface area contributed by atoms with E-state index in [2.05, 4.69) is 87.5 Å². The lowest BCUT2D eigenvalue weighted by Gasteiger charge is -2.13. The molecule has 0 radical (unpaired) electrons. The van der Waals surface area contributed by atoms with Gasteiger partial charge < -0.3 is 0 Å². The Hall–Kier alpha value is -2.34. The summed E-state index contributed by atoms with van der Waals surface area (Å²) in [6.45, 7) is 10.6. The first-order valence-electron chi connectivity index (χ1n) is 8.95. The fourth-order valence-electron chi connectivity index (χ4n) is 3.03. The summed E-state index contributed by atoms with van der Waals surface area (Å²) in [7, 11) is 0. The van der Waals surface area contributed by atoms with Crippen LogP contribution in [0.5, 0.6) is 0 Å².